The highest BCUT2D eigenvalue weighted by molar-refractivity contribution is 14.1. The van der Waals surface area contributed by atoms with Gasteiger partial charge in [-0.2, -0.15) is 0 Å². The molecule has 0 amide bonds. The Kier molecular flexibility index (Phi) is 6.35. The summed E-state index contributed by atoms with van der Waals surface area (Å²) in [6.07, 6.45) is 1.59. The first-order valence-corrected chi connectivity index (χ1v) is 9.76. The maximum Gasteiger partial charge on any atom is 0.363 e. The van der Waals surface area contributed by atoms with E-state index in [0.717, 1.165) is 0 Å². The highest BCUT2D eigenvalue weighted by Gasteiger charge is 2.24. The number of nitrogens with zero attached hydrogens (tertiary/aromatic N) is 1. The summed E-state index contributed by atoms with van der Waals surface area (Å²) in [6, 6.07) is 10.3. The van der Waals surface area contributed by atoms with Crippen LogP contribution in [0.15, 0.2) is 47.1 Å². The summed E-state index contributed by atoms with van der Waals surface area (Å²) in [5.74, 6) is -0.0334. The zero-order valence-electron chi connectivity index (χ0n) is 15.0. The van der Waals surface area contributed by atoms with Gasteiger partial charge in [-0.1, -0.05) is 11.6 Å². The van der Waals surface area contributed by atoms with Gasteiger partial charge in [-0.15, -0.1) is 0 Å². The van der Waals surface area contributed by atoms with E-state index in [1.165, 1.54) is 6.92 Å². The minimum absolute atomic E-state index is 0.156. The second-order valence-electron chi connectivity index (χ2n) is 5.70. The molecule has 144 valence electrons. The summed E-state index contributed by atoms with van der Waals surface area (Å²) < 4.78 is 16.7. The number of cyclic esters (lactones) is 1. The predicted octanol–water partition coefficient (Wildman–Crippen LogP) is 4.61. The first-order valence-electron chi connectivity index (χ1n) is 8.30. The third-order valence-electron chi connectivity index (χ3n) is 3.59. The second-order valence-corrected chi connectivity index (χ2v) is 7.30. The van der Waals surface area contributed by atoms with Crippen molar-refractivity contribution >= 4 is 58.1 Å². The van der Waals surface area contributed by atoms with Crippen LogP contribution >= 0.6 is 34.2 Å². The second kappa shape index (κ2) is 8.74. The van der Waals surface area contributed by atoms with Crippen LogP contribution in [0, 0.1) is 3.57 Å². The van der Waals surface area contributed by atoms with Gasteiger partial charge in [0.2, 0.25) is 5.90 Å². The lowest BCUT2D eigenvalue weighted by Gasteiger charge is -2.12. The van der Waals surface area contributed by atoms with Crippen LogP contribution in [0.3, 0.4) is 0 Å². The van der Waals surface area contributed by atoms with Crippen LogP contribution in [0.25, 0.3) is 6.08 Å². The molecule has 0 aliphatic carbocycles. The van der Waals surface area contributed by atoms with Crippen LogP contribution in [0.1, 0.15) is 25.0 Å². The van der Waals surface area contributed by atoms with Gasteiger partial charge < -0.3 is 14.2 Å². The Balaban J connectivity index is 1.96. The van der Waals surface area contributed by atoms with Crippen molar-refractivity contribution in [2.45, 2.75) is 13.8 Å². The molecule has 0 N–H and O–H groups in total. The Hall–Kier alpha value is -2.39. The Morgan fingerprint density at radius 1 is 1.29 bits per heavy atom. The molecule has 6 nitrogen and oxygen atoms in total. The van der Waals surface area contributed by atoms with Crippen LogP contribution in [0.5, 0.6) is 11.5 Å². The van der Waals surface area contributed by atoms with Crippen molar-refractivity contribution < 1.29 is 23.8 Å². The van der Waals surface area contributed by atoms with Gasteiger partial charge in [0.1, 0.15) is 0 Å². The van der Waals surface area contributed by atoms with Crippen molar-refractivity contribution in [3.63, 3.8) is 0 Å². The normalized spacial score (nSPS) is 14.6. The minimum atomic E-state index is -0.554. The summed E-state index contributed by atoms with van der Waals surface area (Å²) >= 11 is 7.92. The number of hydrogen-bond acceptors (Lipinski definition) is 6. The number of carbonyl (C=O) groups is 2. The first-order chi connectivity index (χ1) is 13.4. The molecule has 0 saturated heterocycles. The van der Waals surface area contributed by atoms with Gasteiger partial charge in [-0.05, 0) is 77.6 Å². The molecule has 1 aliphatic rings. The van der Waals surface area contributed by atoms with Gasteiger partial charge in [-0.3, -0.25) is 4.79 Å². The fraction of sp³-hybridized carbons (Fsp3) is 0.150. The number of aliphatic imine (C=N–C) groups is 1. The van der Waals surface area contributed by atoms with Gasteiger partial charge in [0, 0.05) is 17.5 Å². The molecular weight excluding hydrogens is 497 g/mol. The highest BCUT2D eigenvalue weighted by atomic mass is 127. The molecule has 1 heterocycles. The third kappa shape index (κ3) is 4.71. The minimum Gasteiger partial charge on any atom is -0.490 e. The standard InChI is InChI=1S/C20H15ClINO5/c1-3-26-17-10-12(8-15(22)18(17)27-11(2)24)9-16-20(25)28-19(23-16)13-4-6-14(21)7-5-13/h4-10H,3H2,1-2H3/b16-9+. The lowest BCUT2D eigenvalue weighted by atomic mass is 10.1. The fourth-order valence-corrected chi connectivity index (χ4v) is 3.32. The summed E-state index contributed by atoms with van der Waals surface area (Å²) in [6.45, 7) is 3.54. The lowest BCUT2D eigenvalue weighted by Crippen LogP contribution is -2.06. The number of halogens is 2. The summed E-state index contributed by atoms with van der Waals surface area (Å²) in [4.78, 5) is 27.8. The topological polar surface area (TPSA) is 74.2 Å². The fourth-order valence-electron chi connectivity index (χ4n) is 2.46. The first kappa shape index (κ1) is 20.3. The van der Waals surface area contributed by atoms with Crippen LogP contribution < -0.4 is 9.47 Å². The zero-order valence-corrected chi connectivity index (χ0v) is 17.9. The molecule has 8 heteroatoms. The van der Waals surface area contributed by atoms with Gasteiger partial charge in [0.15, 0.2) is 17.2 Å². The molecule has 3 rings (SSSR count). The van der Waals surface area contributed by atoms with E-state index in [2.05, 4.69) is 4.99 Å². The Morgan fingerprint density at radius 2 is 2.00 bits per heavy atom. The molecule has 0 atom stereocenters. The molecular formula is C20H15ClINO5. The number of hydrogen-bond donors (Lipinski definition) is 0. The van der Waals surface area contributed by atoms with Crippen molar-refractivity contribution in [2.24, 2.45) is 4.99 Å². The number of benzene rings is 2. The van der Waals surface area contributed by atoms with Gasteiger partial charge in [0.05, 0.1) is 10.2 Å². The van der Waals surface area contributed by atoms with E-state index in [1.54, 1.807) is 42.5 Å². The average molecular weight is 512 g/mol. The Labute approximate surface area is 180 Å². The number of carbonyl (C=O) groups excluding carboxylic acids is 2. The molecule has 0 radical (unpaired) electrons. The molecule has 0 aromatic heterocycles. The van der Waals surface area contributed by atoms with Gasteiger partial charge in [-0.25, -0.2) is 9.79 Å². The van der Waals surface area contributed by atoms with Crippen LogP contribution in [-0.4, -0.2) is 24.4 Å². The van der Waals surface area contributed by atoms with Gasteiger partial charge in [0.25, 0.3) is 0 Å². The molecule has 2 aromatic carbocycles. The maximum atomic E-state index is 12.2. The number of esters is 2. The van der Waals surface area contributed by atoms with E-state index in [9.17, 15) is 9.59 Å². The summed E-state index contributed by atoms with van der Waals surface area (Å²) in [5, 5.41) is 0.579. The summed E-state index contributed by atoms with van der Waals surface area (Å²) in [7, 11) is 0. The zero-order chi connectivity index (χ0) is 20.3. The number of rotatable bonds is 5. The highest BCUT2D eigenvalue weighted by Crippen LogP contribution is 2.35. The van der Waals surface area contributed by atoms with E-state index in [0.29, 0.717) is 37.8 Å². The van der Waals surface area contributed by atoms with E-state index in [4.69, 9.17) is 25.8 Å². The van der Waals surface area contributed by atoms with E-state index < -0.39 is 11.9 Å². The molecule has 0 fully saturated rings. The van der Waals surface area contributed by atoms with E-state index in [-0.39, 0.29) is 11.6 Å². The maximum absolute atomic E-state index is 12.2. The van der Waals surface area contributed by atoms with Crippen LogP contribution in [0.4, 0.5) is 0 Å². The quantitative estimate of drug-likeness (QED) is 0.254. The Morgan fingerprint density at radius 3 is 2.64 bits per heavy atom. The van der Waals surface area contributed by atoms with Crippen molar-refractivity contribution in [3.05, 3.63) is 61.8 Å². The average Bonchev–Trinajstić information content (AvgIpc) is 2.99. The lowest BCUT2D eigenvalue weighted by molar-refractivity contribution is -0.132. The largest absolute Gasteiger partial charge is 0.490 e. The predicted molar refractivity (Wildman–Crippen MR) is 114 cm³/mol. The van der Waals surface area contributed by atoms with Crippen molar-refractivity contribution in [3.8, 4) is 11.5 Å². The molecule has 0 bridgehead atoms. The van der Waals surface area contributed by atoms with E-state index in [1.807, 2.05) is 29.5 Å². The molecule has 28 heavy (non-hydrogen) atoms. The molecule has 0 saturated carbocycles. The molecule has 1 aliphatic heterocycles. The molecule has 0 spiro atoms. The summed E-state index contributed by atoms with van der Waals surface area (Å²) in [5.41, 5.74) is 1.47. The van der Waals surface area contributed by atoms with Crippen molar-refractivity contribution in [1.82, 2.24) is 0 Å². The molecule has 0 unspecified atom stereocenters. The molecule has 2 aromatic rings. The Bertz CT molecular complexity index is 998. The van der Waals surface area contributed by atoms with Crippen molar-refractivity contribution in [2.75, 3.05) is 6.61 Å². The SMILES string of the molecule is CCOc1cc(/C=C2/N=C(c3ccc(Cl)cc3)OC2=O)cc(I)c1OC(C)=O. The van der Waals surface area contributed by atoms with Crippen molar-refractivity contribution in [1.29, 1.82) is 0 Å². The number of ether oxygens (including phenoxy) is 3. The smallest absolute Gasteiger partial charge is 0.363 e. The van der Waals surface area contributed by atoms with E-state index >= 15 is 0 Å². The van der Waals surface area contributed by atoms with Crippen LogP contribution in [0.2, 0.25) is 5.02 Å². The monoisotopic (exact) mass is 511 g/mol. The van der Waals surface area contributed by atoms with Crippen LogP contribution in [-0.2, 0) is 14.3 Å². The third-order valence-corrected chi connectivity index (χ3v) is 4.65. The van der Waals surface area contributed by atoms with Gasteiger partial charge >= 0.3 is 11.9 Å².